The molecule has 0 spiro atoms. The Morgan fingerprint density at radius 2 is 2.29 bits per heavy atom. The van der Waals surface area contributed by atoms with Gasteiger partial charge in [0.05, 0.1) is 13.2 Å². The molecular formula is C12H13NO4. The van der Waals surface area contributed by atoms with E-state index in [4.69, 9.17) is 4.74 Å². The van der Waals surface area contributed by atoms with Gasteiger partial charge < -0.3 is 14.7 Å². The van der Waals surface area contributed by atoms with E-state index < -0.39 is 6.09 Å². The van der Waals surface area contributed by atoms with E-state index in [1.54, 1.807) is 12.1 Å². The largest absolute Gasteiger partial charge is 0.508 e. The molecule has 0 atom stereocenters. The number of cyclic esters (lactones) is 1. The van der Waals surface area contributed by atoms with E-state index in [0.717, 1.165) is 6.42 Å². The van der Waals surface area contributed by atoms with Crippen molar-refractivity contribution in [1.29, 1.82) is 0 Å². The number of ketones is 1. The van der Waals surface area contributed by atoms with Gasteiger partial charge in [-0.15, -0.1) is 0 Å². The summed E-state index contributed by atoms with van der Waals surface area (Å²) in [7, 11) is 0. The van der Waals surface area contributed by atoms with Gasteiger partial charge in [0.1, 0.15) is 5.75 Å². The highest BCUT2D eigenvalue weighted by Crippen LogP contribution is 2.13. The second kappa shape index (κ2) is 4.86. The van der Waals surface area contributed by atoms with Crippen LogP contribution in [0.15, 0.2) is 24.3 Å². The SMILES string of the molecule is O=C(CN1CCCOC1=O)c1cccc(O)c1. The molecule has 5 heteroatoms. The summed E-state index contributed by atoms with van der Waals surface area (Å²) in [5.41, 5.74) is 0.392. The van der Waals surface area contributed by atoms with E-state index in [-0.39, 0.29) is 18.1 Å². The molecule has 1 N–H and O–H groups in total. The van der Waals surface area contributed by atoms with E-state index in [1.807, 2.05) is 0 Å². The quantitative estimate of drug-likeness (QED) is 0.804. The van der Waals surface area contributed by atoms with Crippen LogP contribution in [0.3, 0.4) is 0 Å². The zero-order valence-electron chi connectivity index (χ0n) is 9.26. The number of hydrogen-bond donors (Lipinski definition) is 1. The normalized spacial score (nSPS) is 15.5. The summed E-state index contributed by atoms with van der Waals surface area (Å²) in [6.45, 7) is 0.932. The van der Waals surface area contributed by atoms with Crippen LogP contribution < -0.4 is 0 Å². The molecule has 1 saturated heterocycles. The van der Waals surface area contributed by atoms with Gasteiger partial charge in [0, 0.05) is 12.1 Å². The number of hydrogen-bond acceptors (Lipinski definition) is 4. The molecule has 1 amide bonds. The summed E-state index contributed by atoms with van der Waals surface area (Å²) in [6, 6.07) is 6.08. The predicted octanol–water partition coefficient (Wildman–Crippen LogP) is 1.42. The Morgan fingerprint density at radius 1 is 1.47 bits per heavy atom. The van der Waals surface area contributed by atoms with Gasteiger partial charge in [-0.05, 0) is 18.6 Å². The molecule has 0 unspecified atom stereocenters. The van der Waals surface area contributed by atoms with Gasteiger partial charge in [0.15, 0.2) is 5.78 Å². The van der Waals surface area contributed by atoms with Gasteiger partial charge in [-0.25, -0.2) is 4.79 Å². The third-order valence-electron chi connectivity index (χ3n) is 2.56. The zero-order valence-corrected chi connectivity index (χ0v) is 9.26. The Labute approximate surface area is 98.6 Å². The number of rotatable bonds is 3. The molecule has 1 aliphatic rings. The third-order valence-corrected chi connectivity index (χ3v) is 2.56. The van der Waals surface area contributed by atoms with E-state index in [0.29, 0.717) is 18.7 Å². The lowest BCUT2D eigenvalue weighted by molar-refractivity contribution is 0.0655. The maximum atomic E-state index is 11.9. The minimum atomic E-state index is -0.454. The Hall–Kier alpha value is -2.04. The van der Waals surface area contributed by atoms with Crippen LogP contribution in [0, 0.1) is 0 Å². The fourth-order valence-electron chi connectivity index (χ4n) is 1.69. The number of benzene rings is 1. The van der Waals surface area contributed by atoms with E-state index in [9.17, 15) is 14.7 Å². The predicted molar refractivity (Wildman–Crippen MR) is 60.0 cm³/mol. The Kier molecular flexibility index (Phi) is 3.27. The molecule has 1 heterocycles. The molecule has 1 aromatic carbocycles. The molecule has 0 aliphatic carbocycles. The Bertz CT molecular complexity index is 444. The number of aromatic hydroxyl groups is 1. The van der Waals surface area contributed by atoms with Crippen LogP contribution in [0.4, 0.5) is 4.79 Å². The van der Waals surface area contributed by atoms with E-state index >= 15 is 0 Å². The number of phenolic OH excluding ortho intramolecular Hbond substituents is 1. The van der Waals surface area contributed by atoms with Crippen LogP contribution >= 0.6 is 0 Å². The molecule has 2 rings (SSSR count). The molecule has 90 valence electrons. The molecule has 0 aromatic heterocycles. The second-order valence-electron chi connectivity index (χ2n) is 3.86. The van der Waals surface area contributed by atoms with Crippen molar-refractivity contribution in [2.75, 3.05) is 19.7 Å². The second-order valence-corrected chi connectivity index (χ2v) is 3.86. The number of amides is 1. The monoisotopic (exact) mass is 235 g/mol. The van der Waals surface area contributed by atoms with Crippen LogP contribution in [0.5, 0.6) is 5.75 Å². The molecule has 0 radical (unpaired) electrons. The summed E-state index contributed by atoms with van der Waals surface area (Å²) in [6.07, 6.45) is 0.281. The fraction of sp³-hybridized carbons (Fsp3) is 0.333. The van der Waals surface area contributed by atoms with Crippen molar-refractivity contribution in [2.24, 2.45) is 0 Å². The lowest BCUT2D eigenvalue weighted by Crippen LogP contribution is -2.40. The highest BCUT2D eigenvalue weighted by molar-refractivity contribution is 5.99. The molecule has 0 saturated carbocycles. The van der Waals surface area contributed by atoms with Gasteiger partial charge in [0.25, 0.3) is 0 Å². The molecule has 1 aliphatic heterocycles. The Balaban J connectivity index is 2.03. The highest BCUT2D eigenvalue weighted by atomic mass is 16.6. The molecule has 5 nitrogen and oxygen atoms in total. The summed E-state index contributed by atoms with van der Waals surface area (Å²) in [5, 5.41) is 9.26. The van der Waals surface area contributed by atoms with Crippen molar-refractivity contribution < 1.29 is 19.4 Å². The third kappa shape index (κ3) is 2.75. The smallest absolute Gasteiger partial charge is 0.410 e. The van der Waals surface area contributed by atoms with Crippen molar-refractivity contribution in [3.63, 3.8) is 0 Å². The zero-order chi connectivity index (χ0) is 12.3. The van der Waals surface area contributed by atoms with Crippen molar-refractivity contribution in [3.05, 3.63) is 29.8 Å². The van der Waals surface area contributed by atoms with Crippen molar-refractivity contribution >= 4 is 11.9 Å². The maximum Gasteiger partial charge on any atom is 0.410 e. The number of Topliss-reactive ketones (excluding diaryl/α,β-unsaturated/α-hetero) is 1. The van der Waals surface area contributed by atoms with Crippen LogP contribution in [0.25, 0.3) is 0 Å². The summed E-state index contributed by atoms with van der Waals surface area (Å²) >= 11 is 0. The maximum absolute atomic E-state index is 11.9. The van der Waals surface area contributed by atoms with Gasteiger partial charge in [0.2, 0.25) is 0 Å². The van der Waals surface area contributed by atoms with Crippen LogP contribution in [0.2, 0.25) is 0 Å². The van der Waals surface area contributed by atoms with Crippen LogP contribution in [-0.2, 0) is 4.74 Å². The lowest BCUT2D eigenvalue weighted by Gasteiger charge is -2.25. The number of carbonyl (C=O) groups excluding carboxylic acids is 2. The standard InChI is InChI=1S/C12H13NO4/c14-10-4-1-3-9(7-10)11(15)8-13-5-2-6-17-12(13)16/h1,3-4,7,14H,2,5-6,8H2. The fourth-order valence-corrected chi connectivity index (χ4v) is 1.69. The minimum absolute atomic E-state index is 0.0116. The minimum Gasteiger partial charge on any atom is -0.508 e. The first-order valence-corrected chi connectivity index (χ1v) is 5.41. The number of phenols is 1. The van der Waals surface area contributed by atoms with Gasteiger partial charge in [-0.3, -0.25) is 4.79 Å². The van der Waals surface area contributed by atoms with Crippen molar-refractivity contribution in [3.8, 4) is 5.75 Å². The highest BCUT2D eigenvalue weighted by Gasteiger charge is 2.22. The van der Waals surface area contributed by atoms with Crippen molar-refractivity contribution in [2.45, 2.75) is 6.42 Å². The Morgan fingerprint density at radius 3 is 3.00 bits per heavy atom. The van der Waals surface area contributed by atoms with Crippen LogP contribution in [-0.4, -0.2) is 41.6 Å². The van der Waals surface area contributed by atoms with E-state index in [2.05, 4.69) is 0 Å². The average Bonchev–Trinajstić information content (AvgIpc) is 2.32. The lowest BCUT2D eigenvalue weighted by atomic mass is 10.1. The molecule has 1 aromatic rings. The average molecular weight is 235 g/mol. The summed E-state index contributed by atoms with van der Waals surface area (Å²) in [5.74, 6) is -0.170. The number of ether oxygens (including phenoxy) is 1. The van der Waals surface area contributed by atoms with Gasteiger partial charge >= 0.3 is 6.09 Å². The summed E-state index contributed by atoms with van der Waals surface area (Å²) in [4.78, 5) is 24.6. The van der Waals surface area contributed by atoms with Gasteiger partial charge in [-0.2, -0.15) is 0 Å². The summed E-state index contributed by atoms with van der Waals surface area (Å²) < 4.78 is 4.84. The van der Waals surface area contributed by atoms with Crippen molar-refractivity contribution in [1.82, 2.24) is 4.90 Å². The first-order chi connectivity index (χ1) is 8.16. The molecule has 17 heavy (non-hydrogen) atoms. The van der Waals surface area contributed by atoms with E-state index in [1.165, 1.54) is 17.0 Å². The number of nitrogens with zero attached hydrogens (tertiary/aromatic N) is 1. The number of carbonyl (C=O) groups is 2. The van der Waals surface area contributed by atoms with Crippen LogP contribution in [0.1, 0.15) is 16.8 Å². The first-order valence-electron chi connectivity index (χ1n) is 5.41. The van der Waals surface area contributed by atoms with Gasteiger partial charge in [-0.1, -0.05) is 12.1 Å². The molecule has 0 bridgehead atoms. The topological polar surface area (TPSA) is 66.8 Å². The molecule has 1 fully saturated rings. The molecular weight excluding hydrogens is 222 g/mol. The first kappa shape index (κ1) is 11.4.